The van der Waals surface area contributed by atoms with Crippen LogP contribution in [0.5, 0.6) is 0 Å². The van der Waals surface area contributed by atoms with Gasteiger partial charge in [0.1, 0.15) is 11.5 Å². The molecule has 0 atom stereocenters. The Morgan fingerprint density at radius 3 is 2.67 bits per heavy atom. The monoisotopic (exact) mass is 302 g/mol. The number of hydrogen-bond acceptors (Lipinski definition) is 4. The van der Waals surface area contributed by atoms with Gasteiger partial charge in [0.25, 0.3) is 0 Å². The van der Waals surface area contributed by atoms with Gasteiger partial charge in [-0.1, -0.05) is 28.7 Å². The molecule has 0 spiro atoms. The van der Waals surface area contributed by atoms with Gasteiger partial charge in [-0.15, -0.1) is 0 Å². The zero-order valence-corrected chi connectivity index (χ0v) is 14.9. The Bertz CT molecular complexity index is 611. The molecule has 0 aliphatic rings. The van der Waals surface area contributed by atoms with Crippen molar-refractivity contribution in [1.29, 1.82) is 0 Å². The maximum atomic E-state index is 6.00. The Kier molecular flexibility index (Phi) is 6.28. The Morgan fingerprint density at radius 1 is 1.33 bits per heavy atom. The molecule has 0 unspecified atom stereocenters. The van der Waals surface area contributed by atoms with E-state index in [0.717, 1.165) is 11.3 Å². The van der Waals surface area contributed by atoms with Crippen LogP contribution < -0.4 is 51.4 Å². The van der Waals surface area contributed by atoms with Crippen molar-refractivity contribution in [1.82, 2.24) is 10.1 Å². The van der Waals surface area contributed by atoms with Crippen LogP contribution in [0.2, 0.25) is 5.02 Å². The number of nitrogens with zero attached hydrogens (tertiary/aromatic N) is 2. The van der Waals surface area contributed by atoms with Gasteiger partial charge in [0.2, 0.25) is 0 Å². The third-order valence-corrected chi connectivity index (χ3v) is 3.03. The Morgan fingerprint density at radius 2 is 2.06 bits per heavy atom. The average Bonchev–Trinajstić information content (AvgIpc) is 2.62. The van der Waals surface area contributed by atoms with Crippen LogP contribution in [0, 0.1) is 25.7 Å². The second kappa shape index (κ2) is 7.01. The Hall–Kier alpha value is 0.0664. The fourth-order valence-corrected chi connectivity index (χ4v) is 1.61. The predicted octanol–water partition coefficient (Wildman–Crippen LogP) is -0.351. The van der Waals surface area contributed by atoms with Gasteiger partial charge in [-0.25, -0.2) is 4.98 Å². The molecule has 0 fully saturated rings. The van der Waals surface area contributed by atoms with Crippen LogP contribution in [0.4, 0.5) is 0 Å². The fourth-order valence-electron chi connectivity index (χ4n) is 1.30. The smallest absolute Gasteiger partial charge is 0.778 e. The van der Waals surface area contributed by atoms with Crippen LogP contribution in [-0.4, -0.2) is 10.1 Å². The minimum Gasteiger partial charge on any atom is -0.778 e. The standard InChI is InChI=1S/C12H9ClN2OS.K/c1-7-9(8(2)16-15-7)3-4-10-12(13)11(17)5-6-14-10;/h5-6H,1-2H3,(H,14,17);/q;+1/p-1. The minimum absolute atomic E-state index is 0. The van der Waals surface area contributed by atoms with Crippen LogP contribution in [0.1, 0.15) is 22.7 Å². The zero-order valence-electron chi connectivity index (χ0n) is 10.2. The summed E-state index contributed by atoms with van der Waals surface area (Å²) in [7, 11) is 0. The number of pyridine rings is 1. The molecule has 0 amide bonds. The normalized spacial score (nSPS) is 9.28. The Balaban J connectivity index is 0.00000162. The van der Waals surface area contributed by atoms with Crippen molar-refractivity contribution in [2.24, 2.45) is 0 Å². The molecule has 86 valence electrons. The van der Waals surface area contributed by atoms with Gasteiger partial charge in [-0.05, 0) is 19.8 Å². The minimum atomic E-state index is 0. The third kappa shape index (κ3) is 3.55. The molecule has 2 rings (SSSR count). The molecule has 0 aliphatic heterocycles. The van der Waals surface area contributed by atoms with E-state index in [2.05, 4.69) is 22.0 Å². The second-order valence-electron chi connectivity index (χ2n) is 3.42. The number of hydrogen-bond donors (Lipinski definition) is 0. The third-order valence-electron chi connectivity index (χ3n) is 2.19. The van der Waals surface area contributed by atoms with Gasteiger partial charge in [0.05, 0.1) is 16.3 Å². The van der Waals surface area contributed by atoms with Gasteiger partial charge in [-0.3, -0.25) is 0 Å². The van der Waals surface area contributed by atoms with E-state index in [1.165, 1.54) is 0 Å². The van der Waals surface area contributed by atoms with Crippen molar-refractivity contribution in [2.45, 2.75) is 18.7 Å². The van der Waals surface area contributed by atoms with E-state index in [9.17, 15) is 0 Å². The summed E-state index contributed by atoms with van der Waals surface area (Å²) in [5.41, 5.74) is 1.98. The molecule has 2 aromatic rings. The largest absolute Gasteiger partial charge is 1.00 e. The maximum Gasteiger partial charge on any atom is 1.00 e. The Labute approximate surface area is 159 Å². The molecule has 3 nitrogen and oxygen atoms in total. The molecule has 18 heavy (non-hydrogen) atoms. The molecule has 0 N–H and O–H groups in total. The first-order valence-corrected chi connectivity index (χ1v) is 5.64. The van der Waals surface area contributed by atoms with Crippen LogP contribution >= 0.6 is 11.6 Å². The van der Waals surface area contributed by atoms with Crippen LogP contribution in [-0.2, 0) is 12.6 Å². The molecule has 2 aromatic heterocycles. The van der Waals surface area contributed by atoms with Crippen molar-refractivity contribution in [3.63, 3.8) is 0 Å². The number of aryl methyl sites for hydroxylation is 2. The SMILES string of the molecule is Cc1noc(C)c1C#Cc1nccc([S-])c1Cl.[K+]. The quantitative estimate of drug-likeness (QED) is 0.379. The summed E-state index contributed by atoms with van der Waals surface area (Å²) in [5, 5.41) is 4.22. The number of aromatic nitrogens is 2. The number of halogens is 1. The van der Waals surface area contributed by atoms with Crippen molar-refractivity contribution < 1.29 is 55.9 Å². The first-order valence-electron chi connectivity index (χ1n) is 4.86. The van der Waals surface area contributed by atoms with E-state index in [1.54, 1.807) is 12.3 Å². The van der Waals surface area contributed by atoms with Gasteiger partial charge < -0.3 is 17.2 Å². The summed E-state index contributed by atoms with van der Waals surface area (Å²) in [6, 6.07) is 1.67. The summed E-state index contributed by atoms with van der Waals surface area (Å²) in [6.45, 7) is 3.64. The van der Waals surface area contributed by atoms with Crippen molar-refractivity contribution in [2.75, 3.05) is 0 Å². The van der Waals surface area contributed by atoms with E-state index in [4.69, 9.17) is 28.8 Å². The first kappa shape index (κ1) is 16.1. The van der Waals surface area contributed by atoms with Gasteiger partial charge in [-0.2, -0.15) is 4.90 Å². The van der Waals surface area contributed by atoms with E-state index in [0.29, 0.717) is 21.4 Å². The van der Waals surface area contributed by atoms with Crippen molar-refractivity contribution >= 4 is 24.2 Å². The van der Waals surface area contributed by atoms with Crippen LogP contribution in [0.25, 0.3) is 0 Å². The molecule has 0 aliphatic carbocycles. The molecular formula is C12H8ClKN2OS. The molecule has 0 aromatic carbocycles. The first-order chi connectivity index (χ1) is 8.09. The molecule has 6 heteroatoms. The van der Waals surface area contributed by atoms with E-state index in [-0.39, 0.29) is 51.4 Å². The van der Waals surface area contributed by atoms with Crippen LogP contribution in [0.15, 0.2) is 21.7 Å². The van der Waals surface area contributed by atoms with Crippen molar-refractivity contribution in [3.8, 4) is 11.8 Å². The van der Waals surface area contributed by atoms with Crippen LogP contribution in [0.3, 0.4) is 0 Å². The summed E-state index contributed by atoms with van der Waals surface area (Å²) in [5.74, 6) is 6.51. The van der Waals surface area contributed by atoms with E-state index < -0.39 is 0 Å². The second-order valence-corrected chi connectivity index (χ2v) is 4.24. The summed E-state index contributed by atoms with van der Waals surface area (Å²) < 4.78 is 5.01. The summed E-state index contributed by atoms with van der Waals surface area (Å²) >= 11 is 11.0. The van der Waals surface area contributed by atoms with Gasteiger partial charge in [0.15, 0.2) is 0 Å². The fraction of sp³-hybridized carbons (Fsp3) is 0.167. The molecule has 0 radical (unpaired) electrons. The van der Waals surface area contributed by atoms with Gasteiger partial charge in [0, 0.05) is 6.20 Å². The molecular weight excluding hydrogens is 295 g/mol. The summed E-state index contributed by atoms with van der Waals surface area (Å²) in [6.07, 6.45) is 1.59. The van der Waals surface area contributed by atoms with E-state index in [1.807, 2.05) is 13.8 Å². The van der Waals surface area contributed by atoms with E-state index >= 15 is 0 Å². The summed E-state index contributed by atoms with van der Waals surface area (Å²) in [4.78, 5) is 4.62. The molecule has 2 heterocycles. The van der Waals surface area contributed by atoms with Crippen molar-refractivity contribution in [3.05, 3.63) is 40.0 Å². The molecule has 0 saturated heterocycles. The average molecular weight is 303 g/mol. The predicted molar refractivity (Wildman–Crippen MR) is 66.8 cm³/mol. The molecule has 0 saturated carbocycles. The topological polar surface area (TPSA) is 38.9 Å². The maximum absolute atomic E-state index is 6.00. The number of rotatable bonds is 0. The molecule has 0 bridgehead atoms. The van der Waals surface area contributed by atoms with Gasteiger partial charge >= 0.3 is 51.4 Å². The zero-order chi connectivity index (χ0) is 12.4.